The van der Waals surface area contributed by atoms with Crippen molar-refractivity contribution in [2.24, 2.45) is 17.8 Å². The van der Waals surface area contributed by atoms with Crippen LogP contribution >= 0.6 is 0 Å². The molecule has 1 amide bonds. The molecule has 3 nitrogen and oxygen atoms in total. The lowest BCUT2D eigenvalue weighted by molar-refractivity contribution is 0.0943. The van der Waals surface area contributed by atoms with E-state index in [1.165, 1.54) is 37.7 Å². The number of ether oxygens (including phenoxy) is 1. The summed E-state index contributed by atoms with van der Waals surface area (Å²) >= 11 is 0. The molecule has 2 saturated carbocycles. The molecule has 0 saturated heterocycles. The van der Waals surface area contributed by atoms with Gasteiger partial charge in [-0.3, -0.25) is 4.79 Å². The molecule has 0 radical (unpaired) electrons. The molecule has 0 unspecified atom stereocenters. The van der Waals surface area contributed by atoms with Crippen molar-refractivity contribution in [3.05, 3.63) is 29.3 Å². The van der Waals surface area contributed by atoms with Gasteiger partial charge in [-0.05, 0) is 60.8 Å². The zero-order valence-electron chi connectivity index (χ0n) is 12.4. The van der Waals surface area contributed by atoms with Crippen LogP contribution in [0.25, 0.3) is 0 Å². The summed E-state index contributed by atoms with van der Waals surface area (Å²) in [5.41, 5.74) is 1.94. The van der Waals surface area contributed by atoms with Crippen LogP contribution < -0.4 is 10.1 Å². The molecule has 4 rings (SSSR count). The fourth-order valence-electron chi connectivity index (χ4n) is 4.59. The van der Waals surface area contributed by atoms with E-state index in [1.54, 1.807) is 0 Å². The Balaban J connectivity index is 1.37. The number of fused-ring (bicyclic) bond motifs is 2. The average Bonchev–Trinajstić information content (AvgIpc) is 3.20. The second kappa shape index (κ2) is 5.36. The summed E-state index contributed by atoms with van der Waals surface area (Å²) in [4.78, 5) is 12.3. The van der Waals surface area contributed by atoms with Crippen LogP contribution in [0, 0.1) is 17.8 Å². The lowest BCUT2D eigenvalue weighted by atomic mass is 9.92. The molecular weight excluding hydrogens is 262 g/mol. The molecule has 2 aliphatic carbocycles. The number of carbonyl (C=O) groups is 1. The molecule has 1 heterocycles. The maximum atomic E-state index is 12.3. The summed E-state index contributed by atoms with van der Waals surface area (Å²) in [6.45, 7) is 1.60. The van der Waals surface area contributed by atoms with Crippen LogP contribution in [-0.2, 0) is 6.42 Å². The van der Waals surface area contributed by atoms with Gasteiger partial charge in [-0.25, -0.2) is 0 Å². The van der Waals surface area contributed by atoms with Gasteiger partial charge in [-0.1, -0.05) is 12.8 Å². The van der Waals surface area contributed by atoms with Crippen molar-refractivity contribution < 1.29 is 9.53 Å². The van der Waals surface area contributed by atoms with E-state index in [9.17, 15) is 4.79 Å². The molecule has 3 aliphatic rings. The van der Waals surface area contributed by atoms with E-state index < -0.39 is 0 Å². The first-order valence-electron chi connectivity index (χ1n) is 8.35. The summed E-state index contributed by atoms with van der Waals surface area (Å²) < 4.78 is 5.49. The number of hydrogen-bond donors (Lipinski definition) is 1. The zero-order valence-corrected chi connectivity index (χ0v) is 12.4. The smallest absolute Gasteiger partial charge is 0.251 e. The van der Waals surface area contributed by atoms with Crippen LogP contribution in [0.15, 0.2) is 18.2 Å². The Morgan fingerprint density at radius 1 is 1.24 bits per heavy atom. The van der Waals surface area contributed by atoms with Gasteiger partial charge in [0.25, 0.3) is 5.91 Å². The highest BCUT2D eigenvalue weighted by atomic mass is 16.5. The minimum absolute atomic E-state index is 0.0751. The predicted molar refractivity (Wildman–Crippen MR) is 81.5 cm³/mol. The molecule has 3 heteroatoms. The van der Waals surface area contributed by atoms with Crippen molar-refractivity contribution in [1.82, 2.24) is 5.32 Å². The van der Waals surface area contributed by atoms with Crippen molar-refractivity contribution in [2.45, 2.75) is 38.5 Å². The standard InChI is InChI=1S/C18H23NO2/c20-18(14-6-7-17-13(10-14)8-9-21-17)19-11-15-5-4-12-2-1-3-16(12)15/h6-7,10,12,15-16H,1-5,8-9,11H2,(H,19,20)/t12-,15+,16-/m0/s1. The Labute approximate surface area is 126 Å². The van der Waals surface area contributed by atoms with Crippen molar-refractivity contribution in [1.29, 1.82) is 0 Å². The zero-order chi connectivity index (χ0) is 14.2. The fourth-order valence-corrected chi connectivity index (χ4v) is 4.59. The molecule has 0 bridgehead atoms. The highest BCUT2D eigenvalue weighted by Gasteiger charge is 2.38. The second-order valence-electron chi connectivity index (χ2n) is 6.82. The van der Waals surface area contributed by atoms with Gasteiger partial charge in [0, 0.05) is 18.5 Å². The SMILES string of the molecule is O=C(NC[C@H]1CC[C@@H]2CCC[C@@H]21)c1ccc2c(c1)CCO2. The van der Waals surface area contributed by atoms with Gasteiger partial charge >= 0.3 is 0 Å². The van der Waals surface area contributed by atoms with Crippen LogP contribution in [0.3, 0.4) is 0 Å². The molecule has 3 atom stereocenters. The van der Waals surface area contributed by atoms with E-state index in [2.05, 4.69) is 5.32 Å². The van der Waals surface area contributed by atoms with E-state index in [4.69, 9.17) is 4.74 Å². The quantitative estimate of drug-likeness (QED) is 0.926. The predicted octanol–water partition coefficient (Wildman–Crippen LogP) is 3.18. The molecule has 0 aromatic heterocycles. The third kappa shape index (κ3) is 2.43. The highest BCUT2D eigenvalue weighted by Crippen LogP contribution is 2.47. The Morgan fingerprint density at radius 3 is 3.14 bits per heavy atom. The Bertz CT molecular complexity index is 554. The number of rotatable bonds is 3. The van der Waals surface area contributed by atoms with Crippen LogP contribution in [0.2, 0.25) is 0 Å². The fraction of sp³-hybridized carbons (Fsp3) is 0.611. The summed E-state index contributed by atoms with van der Waals surface area (Å²) in [5.74, 6) is 3.55. The maximum Gasteiger partial charge on any atom is 0.251 e. The molecule has 0 spiro atoms. The molecule has 21 heavy (non-hydrogen) atoms. The van der Waals surface area contributed by atoms with Crippen LogP contribution in [-0.4, -0.2) is 19.1 Å². The largest absolute Gasteiger partial charge is 0.493 e. The van der Waals surface area contributed by atoms with Crippen molar-refractivity contribution in [2.75, 3.05) is 13.2 Å². The van der Waals surface area contributed by atoms with Gasteiger partial charge in [0.15, 0.2) is 0 Å². The molecule has 112 valence electrons. The average molecular weight is 285 g/mol. The number of nitrogens with one attached hydrogen (secondary N) is 1. The third-order valence-corrected chi connectivity index (χ3v) is 5.71. The summed E-state index contributed by atoms with van der Waals surface area (Å²) in [5, 5.41) is 3.16. The molecule has 1 aromatic carbocycles. The monoisotopic (exact) mass is 285 g/mol. The lowest BCUT2D eigenvalue weighted by Gasteiger charge is -2.19. The van der Waals surface area contributed by atoms with Crippen LogP contribution in [0.4, 0.5) is 0 Å². The first-order chi connectivity index (χ1) is 10.3. The highest BCUT2D eigenvalue weighted by molar-refractivity contribution is 5.94. The van der Waals surface area contributed by atoms with Crippen LogP contribution in [0.1, 0.15) is 48.0 Å². The van der Waals surface area contributed by atoms with Gasteiger partial charge in [0.2, 0.25) is 0 Å². The molecule has 1 N–H and O–H groups in total. The molecule has 1 aliphatic heterocycles. The molecule has 2 fully saturated rings. The number of amides is 1. The minimum atomic E-state index is 0.0751. The number of benzene rings is 1. The van der Waals surface area contributed by atoms with Gasteiger partial charge in [-0.2, -0.15) is 0 Å². The van der Waals surface area contributed by atoms with Crippen molar-refractivity contribution in [3.63, 3.8) is 0 Å². The number of carbonyl (C=O) groups excluding carboxylic acids is 1. The summed E-state index contributed by atoms with van der Waals surface area (Å²) in [7, 11) is 0. The Morgan fingerprint density at radius 2 is 2.19 bits per heavy atom. The van der Waals surface area contributed by atoms with Crippen LogP contribution in [0.5, 0.6) is 5.75 Å². The Kier molecular flexibility index (Phi) is 3.36. The van der Waals surface area contributed by atoms with Gasteiger partial charge in [0.05, 0.1) is 6.61 Å². The van der Waals surface area contributed by atoms with E-state index in [-0.39, 0.29) is 5.91 Å². The first kappa shape index (κ1) is 13.2. The summed E-state index contributed by atoms with van der Waals surface area (Å²) in [6.07, 6.45) is 7.78. The van der Waals surface area contributed by atoms with Gasteiger partial charge in [0.1, 0.15) is 5.75 Å². The van der Waals surface area contributed by atoms with Gasteiger partial charge in [-0.15, -0.1) is 0 Å². The molecular formula is C18H23NO2. The maximum absolute atomic E-state index is 12.3. The van der Waals surface area contributed by atoms with E-state index in [1.807, 2.05) is 18.2 Å². The minimum Gasteiger partial charge on any atom is -0.493 e. The van der Waals surface area contributed by atoms with E-state index in [0.29, 0.717) is 5.92 Å². The first-order valence-corrected chi connectivity index (χ1v) is 8.35. The second-order valence-corrected chi connectivity index (χ2v) is 6.82. The van der Waals surface area contributed by atoms with Crippen molar-refractivity contribution in [3.8, 4) is 5.75 Å². The lowest BCUT2D eigenvalue weighted by Crippen LogP contribution is -2.31. The summed E-state index contributed by atoms with van der Waals surface area (Å²) in [6, 6.07) is 5.80. The topological polar surface area (TPSA) is 38.3 Å². The van der Waals surface area contributed by atoms with E-state index in [0.717, 1.165) is 42.7 Å². The van der Waals surface area contributed by atoms with Gasteiger partial charge < -0.3 is 10.1 Å². The van der Waals surface area contributed by atoms with Crippen molar-refractivity contribution >= 4 is 5.91 Å². The molecule has 1 aromatic rings. The normalized spacial score (nSPS) is 29.8. The van der Waals surface area contributed by atoms with E-state index >= 15 is 0 Å². The number of hydrogen-bond acceptors (Lipinski definition) is 2. The Hall–Kier alpha value is -1.51. The third-order valence-electron chi connectivity index (χ3n) is 5.71.